The fourth-order valence-corrected chi connectivity index (χ4v) is 3.18. The maximum atomic E-state index is 5.29. The lowest BCUT2D eigenvalue weighted by molar-refractivity contribution is 0.394. The lowest BCUT2D eigenvalue weighted by Crippen LogP contribution is -2.21. The second-order valence-corrected chi connectivity index (χ2v) is 7.25. The number of hydrogen-bond donors (Lipinski definition) is 1. The van der Waals surface area contributed by atoms with Crippen LogP contribution in [0, 0.1) is 0 Å². The summed E-state index contributed by atoms with van der Waals surface area (Å²) in [5.74, 6) is 0.857. The number of nitrogens with zero attached hydrogens (tertiary/aromatic N) is 3. The van der Waals surface area contributed by atoms with E-state index in [-0.39, 0.29) is 0 Å². The second kappa shape index (κ2) is 10.1. The summed E-state index contributed by atoms with van der Waals surface area (Å²) in [5, 5.41) is 8.45. The van der Waals surface area contributed by atoms with Gasteiger partial charge in [0.25, 0.3) is 0 Å². The van der Waals surface area contributed by atoms with Gasteiger partial charge in [-0.05, 0) is 63.4 Å². The molecule has 0 aliphatic rings. The third kappa shape index (κ3) is 5.68. The van der Waals surface area contributed by atoms with Crippen molar-refractivity contribution in [1.29, 1.82) is 0 Å². The summed E-state index contributed by atoms with van der Waals surface area (Å²) in [7, 11) is 5.90. The minimum Gasteiger partial charge on any atom is -0.497 e. The molecule has 5 nitrogen and oxygen atoms in total. The van der Waals surface area contributed by atoms with E-state index in [2.05, 4.69) is 66.9 Å². The maximum Gasteiger partial charge on any atom is 0.118 e. The number of aromatic nitrogens is 2. The first-order valence-electron chi connectivity index (χ1n) is 9.76. The summed E-state index contributed by atoms with van der Waals surface area (Å²) in [6.07, 6.45) is 3.29. The highest BCUT2D eigenvalue weighted by Crippen LogP contribution is 2.25. The van der Waals surface area contributed by atoms with Gasteiger partial charge in [-0.25, -0.2) is 0 Å². The SMILES string of the molecule is COc1ccc(-c2nn(Cc3ccccc3)cc2CNCCCN(C)C)cc1. The lowest BCUT2D eigenvalue weighted by Gasteiger charge is -2.10. The summed E-state index contributed by atoms with van der Waals surface area (Å²) < 4.78 is 7.32. The van der Waals surface area contributed by atoms with Crippen LogP contribution >= 0.6 is 0 Å². The van der Waals surface area contributed by atoms with Gasteiger partial charge in [0.1, 0.15) is 5.75 Å². The number of ether oxygens (including phenoxy) is 1. The molecule has 1 heterocycles. The Hall–Kier alpha value is -2.63. The van der Waals surface area contributed by atoms with Crippen molar-refractivity contribution in [3.63, 3.8) is 0 Å². The normalized spacial score (nSPS) is 11.1. The zero-order chi connectivity index (χ0) is 19.8. The van der Waals surface area contributed by atoms with Crippen molar-refractivity contribution in [2.45, 2.75) is 19.5 Å². The summed E-state index contributed by atoms with van der Waals surface area (Å²) in [6.45, 7) is 3.66. The molecule has 1 N–H and O–H groups in total. The van der Waals surface area contributed by atoms with Crippen molar-refractivity contribution in [2.24, 2.45) is 0 Å². The van der Waals surface area contributed by atoms with E-state index in [0.717, 1.165) is 49.6 Å². The van der Waals surface area contributed by atoms with E-state index in [1.54, 1.807) is 7.11 Å². The molecule has 148 valence electrons. The fourth-order valence-electron chi connectivity index (χ4n) is 3.18. The van der Waals surface area contributed by atoms with Gasteiger partial charge in [0, 0.05) is 23.9 Å². The molecule has 0 saturated heterocycles. The van der Waals surface area contributed by atoms with Crippen molar-refractivity contribution >= 4 is 0 Å². The molecule has 2 aromatic carbocycles. The molecule has 28 heavy (non-hydrogen) atoms. The standard InChI is InChI=1S/C23H30N4O/c1-26(2)15-7-14-24-16-21-18-27(17-19-8-5-4-6-9-19)25-23(21)20-10-12-22(28-3)13-11-20/h4-6,8-13,18,24H,7,14-17H2,1-3H3. The van der Waals surface area contributed by atoms with Crippen molar-refractivity contribution < 1.29 is 4.74 Å². The van der Waals surface area contributed by atoms with Gasteiger partial charge in [-0.15, -0.1) is 0 Å². The summed E-state index contributed by atoms with van der Waals surface area (Å²) >= 11 is 0. The molecule has 0 fully saturated rings. The Balaban J connectivity index is 1.76. The molecule has 3 rings (SSSR count). The zero-order valence-electron chi connectivity index (χ0n) is 17.1. The van der Waals surface area contributed by atoms with Gasteiger partial charge in [0.2, 0.25) is 0 Å². The average Bonchev–Trinajstić information content (AvgIpc) is 3.11. The number of methoxy groups -OCH3 is 1. The molecule has 3 aromatic rings. The third-order valence-corrected chi connectivity index (χ3v) is 4.66. The van der Waals surface area contributed by atoms with Crippen molar-refractivity contribution in [1.82, 2.24) is 20.0 Å². The van der Waals surface area contributed by atoms with Crippen molar-refractivity contribution in [2.75, 3.05) is 34.3 Å². The first-order valence-corrected chi connectivity index (χ1v) is 9.76. The Morgan fingerprint density at radius 2 is 1.79 bits per heavy atom. The molecule has 0 bridgehead atoms. The Morgan fingerprint density at radius 1 is 1.04 bits per heavy atom. The van der Waals surface area contributed by atoms with Crippen LogP contribution in [-0.2, 0) is 13.1 Å². The van der Waals surface area contributed by atoms with Gasteiger partial charge in [-0.1, -0.05) is 30.3 Å². The molecule has 0 radical (unpaired) electrons. The van der Waals surface area contributed by atoms with Gasteiger partial charge in [0.15, 0.2) is 0 Å². The van der Waals surface area contributed by atoms with Crippen LogP contribution in [0.2, 0.25) is 0 Å². The number of benzene rings is 2. The van der Waals surface area contributed by atoms with Crippen LogP contribution in [0.4, 0.5) is 0 Å². The molecule has 0 atom stereocenters. The van der Waals surface area contributed by atoms with Crippen molar-refractivity contribution in [3.8, 4) is 17.0 Å². The van der Waals surface area contributed by atoms with E-state index < -0.39 is 0 Å². The van der Waals surface area contributed by atoms with Crippen LogP contribution in [0.15, 0.2) is 60.8 Å². The molecule has 1 aromatic heterocycles. The molecule has 5 heteroatoms. The van der Waals surface area contributed by atoms with E-state index in [1.165, 1.54) is 11.1 Å². The Labute approximate surface area is 167 Å². The Kier molecular flexibility index (Phi) is 7.23. The van der Waals surface area contributed by atoms with Gasteiger partial charge in [0.05, 0.1) is 19.3 Å². The number of nitrogens with one attached hydrogen (secondary N) is 1. The topological polar surface area (TPSA) is 42.3 Å². The largest absolute Gasteiger partial charge is 0.497 e. The molecule has 0 amide bonds. The zero-order valence-corrected chi connectivity index (χ0v) is 17.1. The Bertz CT molecular complexity index is 841. The minimum atomic E-state index is 0.768. The first-order chi connectivity index (χ1) is 13.7. The minimum absolute atomic E-state index is 0.768. The molecule has 0 unspecified atom stereocenters. The lowest BCUT2D eigenvalue weighted by atomic mass is 10.1. The quantitative estimate of drug-likeness (QED) is 0.547. The highest BCUT2D eigenvalue weighted by atomic mass is 16.5. The van der Waals surface area contributed by atoms with E-state index in [1.807, 2.05) is 22.9 Å². The highest BCUT2D eigenvalue weighted by Gasteiger charge is 2.12. The molecule has 0 saturated carbocycles. The van der Waals surface area contributed by atoms with Gasteiger partial charge in [-0.2, -0.15) is 5.10 Å². The van der Waals surface area contributed by atoms with E-state index in [4.69, 9.17) is 9.84 Å². The summed E-state index contributed by atoms with van der Waals surface area (Å²) in [6, 6.07) is 18.6. The monoisotopic (exact) mass is 378 g/mol. The predicted molar refractivity (Wildman–Crippen MR) is 115 cm³/mol. The van der Waals surface area contributed by atoms with Gasteiger partial charge >= 0.3 is 0 Å². The predicted octanol–water partition coefficient (Wildman–Crippen LogP) is 3.65. The van der Waals surface area contributed by atoms with Crippen LogP contribution in [0.5, 0.6) is 5.75 Å². The van der Waals surface area contributed by atoms with Crippen molar-refractivity contribution in [3.05, 3.63) is 71.9 Å². The van der Waals surface area contributed by atoms with E-state index >= 15 is 0 Å². The summed E-state index contributed by atoms with van der Waals surface area (Å²) in [4.78, 5) is 2.21. The van der Waals surface area contributed by atoms with Crippen LogP contribution in [0.1, 0.15) is 17.5 Å². The highest BCUT2D eigenvalue weighted by molar-refractivity contribution is 5.63. The molecular formula is C23H30N4O. The third-order valence-electron chi connectivity index (χ3n) is 4.66. The number of hydrogen-bond acceptors (Lipinski definition) is 4. The smallest absolute Gasteiger partial charge is 0.118 e. The first kappa shape index (κ1) is 20.1. The summed E-state index contributed by atoms with van der Waals surface area (Å²) in [5.41, 5.74) is 4.60. The van der Waals surface area contributed by atoms with E-state index in [0.29, 0.717) is 0 Å². The molecule has 0 spiro atoms. The second-order valence-electron chi connectivity index (χ2n) is 7.25. The van der Waals surface area contributed by atoms with Crippen LogP contribution in [0.25, 0.3) is 11.3 Å². The van der Waals surface area contributed by atoms with Gasteiger partial charge < -0.3 is 15.0 Å². The maximum absolute atomic E-state index is 5.29. The average molecular weight is 379 g/mol. The number of rotatable bonds is 10. The molecule has 0 aliphatic carbocycles. The Morgan fingerprint density at radius 3 is 2.46 bits per heavy atom. The van der Waals surface area contributed by atoms with Crippen LogP contribution < -0.4 is 10.1 Å². The van der Waals surface area contributed by atoms with E-state index in [9.17, 15) is 0 Å². The van der Waals surface area contributed by atoms with Gasteiger partial charge in [-0.3, -0.25) is 4.68 Å². The van der Waals surface area contributed by atoms with Crippen LogP contribution in [0.3, 0.4) is 0 Å². The molecule has 0 aliphatic heterocycles. The fraction of sp³-hybridized carbons (Fsp3) is 0.348. The molecular weight excluding hydrogens is 348 g/mol. The van der Waals surface area contributed by atoms with Crippen LogP contribution in [-0.4, -0.2) is 49.0 Å².